The van der Waals surface area contributed by atoms with Crippen LogP contribution in [0.2, 0.25) is 0 Å². The molecule has 0 amide bonds. The van der Waals surface area contributed by atoms with E-state index >= 15 is 0 Å². The average molecular weight is 251 g/mol. The van der Waals surface area contributed by atoms with Crippen LogP contribution in [0.4, 0.5) is 13.2 Å². The van der Waals surface area contributed by atoms with E-state index in [0.717, 1.165) is 10.9 Å². The van der Waals surface area contributed by atoms with E-state index in [9.17, 15) is 13.2 Å². The molecule has 0 N–H and O–H groups in total. The highest BCUT2D eigenvalue weighted by atomic mass is 19.4. The average Bonchev–Trinajstić information content (AvgIpc) is 2.73. The zero-order chi connectivity index (χ0) is 13.3. The number of para-hydroxylation sites is 1. The second kappa shape index (κ2) is 4.18. The number of nitrogens with zero attached hydrogens (tertiary/aromatic N) is 3. The maximum Gasteiger partial charge on any atom is 0.434 e. The summed E-state index contributed by atoms with van der Waals surface area (Å²) in [5.74, 6) is 0. The zero-order valence-corrected chi connectivity index (χ0v) is 9.36. The molecule has 0 aliphatic rings. The Hall–Kier alpha value is -2.29. The van der Waals surface area contributed by atoms with E-state index in [4.69, 9.17) is 5.26 Å². The van der Waals surface area contributed by atoms with E-state index in [1.54, 1.807) is 25.1 Å². The van der Waals surface area contributed by atoms with Gasteiger partial charge in [-0.05, 0) is 18.6 Å². The molecule has 0 fully saturated rings. The van der Waals surface area contributed by atoms with Gasteiger partial charge in [0.2, 0.25) is 0 Å². The van der Waals surface area contributed by atoms with Crippen LogP contribution in [-0.4, -0.2) is 9.78 Å². The van der Waals surface area contributed by atoms with Crippen LogP contribution in [0.1, 0.15) is 16.8 Å². The topological polar surface area (TPSA) is 41.6 Å². The Bertz CT molecular complexity index is 620. The first-order valence-electron chi connectivity index (χ1n) is 5.06. The number of aryl methyl sites for hydroxylation is 1. The largest absolute Gasteiger partial charge is 0.434 e. The van der Waals surface area contributed by atoms with Gasteiger partial charge < -0.3 is 0 Å². The number of alkyl halides is 3. The fourth-order valence-corrected chi connectivity index (χ4v) is 1.69. The molecule has 0 spiro atoms. The lowest BCUT2D eigenvalue weighted by atomic mass is 10.2. The molecule has 0 bridgehead atoms. The Labute approximate surface area is 101 Å². The quantitative estimate of drug-likeness (QED) is 0.781. The van der Waals surface area contributed by atoms with Crippen molar-refractivity contribution in [1.82, 2.24) is 9.78 Å². The lowest BCUT2D eigenvalue weighted by Gasteiger charge is -2.12. The van der Waals surface area contributed by atoms with E-state index in [0.29, 0.717) is 11.3 Å². The van der Waals surface area contributed by atoms with Gasteiger partial charge in [-0.25, -0.2) is 4.68 Å². The first kappa shape index (κ1) is 12.2. The van der Waals surface area contributed by atoms with E-state index in [-0.39, 0.29) is 0 Å². The molecule has 6 heteroatoms. The Morgan fingerprint density at radius 2 is 1.94 bits per heavy atom. The maximum atomic E-state index is 12.9. The monoisotopic (exact) mass is 251 g/mol. The van der Waals surface area contributed by atoms with Gasteiger partial charge in [0, 0.05) is 0 Å². The van der Waals surface area contributed by atoms with Crippen molar-refractivity contribution in [3.05, 3.63) is 47.3 Å². The Balaban J connectivity index is 2.71. The summed E-state index contributed by atoms with van der Waals surface area (Å²) in [4.78, 5) is 0. The van der Waals surface area contributed by atoms with Crippen LogP contribution in [0.25, 0.3) is 5.69 Å². The maximum absolute atomic E-state index is 12.9. The summed E-state index contributed by atoms with van der Waals surface area (Å²) in [7, 11) is 0. The van der Waals surface area contributed by atoms with Gasteiger partial charge >= 0.3 is 6.18 Å². The summed E-state index contributed by atoms with van der Waals surface area (Å²) in [6.07, 6.45) is -3.70. The van der Waals surface area contributed by atoms with Gasteiger partial charge in [0.1, 0.15) is 11.6 Å². The molecule has 3 nitrogen and oxygen atoms in total. The highest BCUT2D eigenvalue weighted by Crippen LogP contribution is 2.33. The van der Waals surface area contributed by atoms with Crippen molar-refractivity contribution in [2.75, 3.05) is 0 Å². The summed E-state index contributed by atoms with van der Waals surface area (Å²) < 4.78 is 39.6. The minimum atomic E-state index is -4.62. The minimum Gasteiger partial charge on any atom is -0.227 e. The van der Waals surface area contributed by atoms with Crippen LogP contribution in [0, 0.1) is 18.3 Å². The van der Waals surface area contributed by atoms with Gasteiger partial charge in [-0.2, -0.15) is 23.5 Å². The summed E-state index contributed by atoms with van der Waals surface area (Å²) in [6.45, 7) is 1.68. The molecule has 2 aromatic rings. The van der Waals surface area contributed by atoms with Gasteiger partial charge in [0.25, 0.3) is 0 Å². The molecule has 0 saturated heterocycles. The third kappa shape index (κ3) is 1.95. The van der Waals surface area contributed by atoms with Crippen LogP contribution in [0.3, 0.4) is 0 Å². The molecule has 0 radical (unpaired) electrons. The third-order valence-corrected chi connectivity index (χ3v) is 2.50. The summed E-state index contributed by atoms with van der Waals surface area (Å²) in [5.41, 5.74) is -0.563. The second-order valence-corrected chi connectivity index (χ2v) is 3.71. The molecule has 1 aromatic heterocycles. The summed E-state index contributed by atoms with van der Waals surface area (Å²) >= 11 is 0. The molecule has 0 atom stereocenters. The second-order valence-electron chi connectivity index (χ2n) is 3.71. The van der Waals surface area contributed by atoms with Crippen molar-refractivity contribution in [1.29, 1.82) is 5.26 Å². The molecular weight excluding hydrogens is 243 g/mol. The third-order valence-electron chi connectivity index (χ3n) is 2.50. The first-order valence-corrected chi connectivity index (χ1v) is 5.06. The van der Waals surface area contributed by atoms with E-state index in [1.165, 1.54) is 12.1 Å². The standard InChI is InChI=1S/C12H8F3N3/c1-8-4-2-3-5-10(8)18-11(12(13,14)15)9(6-16)7-17-18/h2-5,7H,1H3. The summed E-state index contributed by atoms with van der Waals surface area (Å²) in [5, 5.41) is 12.4. The number of nitriles is 1. The first-order chi connectivity index (χ1) is 8.45. The van der Waals surface area contributed by atoms with Gasteiger partial charge in [0.05, 0.1) is 11.9 Å². The van der Waals surface area contributed by atoms with E-state index in [1.807, 2.05) is 0 Å². The van der Waals surface area contributed by atoms with Crippen molar-refractivity contribution in [2.45, 2.75) is 13.1 Å². The molecule has 2 rings (SSSR count). The van der Waals surface area contributed by atoms with Gasteiger partial charge in [0.15, 0.2) is 5.69 Å². The molecule has 0 unspecified atom stereocenters. The van der Waals surface area contributed by atoms with Crippen LogP contribution < -0.4 is 0 Å². The molecule has 18 heavy (non-hydrogen) atoms. The number of halogens is 3. The van der Waals surface area contributed by atoms with Crippen molar-refractivity contribution in [2.24, 2.45) is 0 Å². The molecule has 0 aliphatic carbocycles. The molecule has 0 aliphatic heterocycles. The van der Waals surface area contributed by atoms with Gasteiger partial charge in [-0.3, -0.25) is 0 Å². The van der Waals surface area contributed by atoms with E-state index in [2.05, 4.69) is 5.10 Å². The molecule has 92 valence electrons. The van der Waals surface area contributed by atoms with Crippen LogP contribution >= 0.6 is 0 Å². The number of hydrogen-bond acceptors (Lipinski definition) is 2. The van der Waals surface area contributed by atoms with Gasteiger partial charge in [-0.1, -0.05) is 18.2 Å². The van der Waals surface area contributed by atoms with Crippen molar-refractivity contribution in [3.8, 4) is 11.8 Å². The Morgan fingerprint density at radius 3 is 2.50 bits per heavy atom. The lowest BCUT2D eigenvalue weighted by Crippen LogP contribution is -2.15. The smallest absolute Gasteiger partial charge is 0.227 e. The molecular formula is C12H8F3N3. The van der Waals surface area contributed by atoms with Crippen molar-refractivity contribution >= 4 is 0 Å². The highest BCUT2D eigenvalue weighted by Gasteiger charge is 2.39. The minimum absolute atomic E-state index is 0.311. The van der Waals surface area contributed by atoms with Crippen molar-refractivity contribution in [3.63, 3.8) is 0 Å². The summed E-state index contributed by atoms with van der Waals surface area (Å²) in [6, 6.07) is 8.06. The zero-order valence-electron chi connectivity index (χ0n) is 9.36. The van der Waals surface area contributed by atoms with Crippen LogP contribution in [0.5, 0.6) is 0 Å². The SMILES string of the molecule is Cc1ccccc1-n1ncc(C#N)c1C(F)(F)F. The number of aromatic nitrogens is 2. The van der Waals surface area contributed by atoms with Crippen molar-refractivity contribution < 1.29 is 13.2 Å². The number of hydrogen-bond donors (Lipinski definition) is 0. The van der Waals surface area contributed by atoms with E-state index < -0.39 is 17.4 Å². The fraction of sp³-hybridized carbons (Fsp3) is 0.167. The predicted octanol–water partition coefficient (Wildman–Crippen LogP) is 3.07. The molecule has 0 saturated carbocycles. The predicted molar refractivity (Wildman–Crippen MR) is 58.0 cm³/mol. The Kier molecular flexibility index (Phi) is 2.83. The number of benzene rings is 1. The van der Waals surface area contributed by atoms with Crippen LogP contribution in [-0.2, 0) is 6.18 Å². The highest BCUT2D eigenvalue weighted by molar-refractivity contribution is 5.45. The fourth-order valence-electron chi connectivity index (χ4n) is 1.69. The Morgan fingerprint density at radius 1 is 1.28 bits per heavy atom. The van der Waals surface area contributed by atoms with Gasteiger partial charge in [-0.15, -0.1) is 0 Å². The molecule has 1 aromatic carbocycles. The van der Waals surface area contributed by atoms with Crippen LogP contribution in [0.15, 0.2) is 30.5 Å². The molecule has 1 heterocycles. The normalized spacial score (nSPS) is 11.3. The lowest BCUT2D eigenvalue weighted by molar-refractivity contribution is -0.143. The number of rotatable bonds is 1.